The van der Waals surface area contributed by atoms with Crippen LogP contribution >= 0.6 is 11.6 Å². The van der Waals surface area contributed by atoms with Gasteiger partial charge >= 0.3 is 0 Å². The van der Waals surface area contributed by atoms with Gasteiger partial charge in [-0.2, -0.15) is 0 Å². The fourth-order valence-corrected chi connectivity index (χ4v) is 2.60. The summed E-state index contributed by atoms with van der Waals surface area (Å²) in [5.41, 5.74) is 1.62. The molecule has 0 fully saturated rings. The van der Waals surface area contributed by atoms with Gasteiger partial charge in [-0.3, -0.25) is 4.79 Å². The molecule has 0 saturated carbocycles. The number of hydrogen-bond acceptors (Lipinski definition) is 2. The minimum absolute atomic E-state index is 0.163. The summed E-state index contributed by atoms with van der Waals surface area (Å²) in [5, 5.41) is 0.662. The summed E-state index contributed by atoms with van der Waals surface area (Å²) in [7, 11) is 0. The number of pyridine rings is 1. The molecule has 0 N–H and O–H groups in total. The third-order valence-electron chi connectivity index (χ3n) is 3.71. The molecule has 0 unspecified atom stereocenters. The second kappa shape index (κ2) is 8.18. The number of aromatic nitrogens is 2. The molecule has 0 atom stereocenters. The van der Waals surface area contributed by atoms with Gasteiger partial charge in [-0.15, -0.1) is 0 Å². The number of halogens is 1. The number of rotatable bonds is 8. The Hall–Kier alpha value is -1.55. The molecule has 0 aliphatic carbocycles. The van der Waals surface area contributed by atoms with Gasteiger partial charge in [0.05, 0.1) is 17.1 Å². The van der Waals surface area contributed by atoms with E-state index in [-0.39, 0.29) is 5.91 Å². The van der Waals surface area contributed by atoms with Crippen molar-refractivity contribution in [2.45, 2.75) is 46.0 Å². The molecule has 120 valence electrons. The Kier molecular flexibility index (Phi) is 6.25. The molecule has 1 amide bonds. The van der Waals surface area contributed by atoms with E-state index in [9.17, 15) is 4.79 Å². The maximum absolute atomic E-state index is 12.5. The van der Waals surface area contributed by atoms with E-state index in [0.717, 1.165) is 50.1 Å². The third kappa shape index (κ3) is 4.47. The zero-order valence-corrected chi connectivity index (χ0v) is 14.1. The van der Waals surface area contributed by atoms with Crippen LogP contribution < -0.4 is 0 Å². The summed E-state index contributed by atoms with van der Waals surface area (Å²) in [6.45, 7) is 5.98. The lowest BCUT2D eigenvalue weighted by atomic mass is 10.2. The second-order valence-corrected chi connectivity index (χ2v) is 6.05. The van der Waals surface area contributed by atoms with E-state index in [2.05, 4.69) is 18.8 Å². The molecule has 5 heteroatoms. The van der Waals surface area contributed by atoms with Crippen molar-refractivity contribution < 1.29 is 4.79 Å². The number of unbranched alkanes of at least 4 members (excludes halogenated alkanes) is 2. The van der Waals surface area contributed by atoms with E-state index < -0.39 is 0 Å². The average Bonchev–Trinajstić information content (AvgIpc) is 2.88. The van der Waals surface area contributed by atoms with Crippen LogP contribution in [-0.4, -0.2) is 33.3 Å². The summed E-state index contributed by atoms with van der Waals surface area (Å²) in [4.78, 5) is 19.0. The molecule has 0 aromatic carbocycles. The maximum Gasteiger partial charge on any atom is 0.228 e. The molecular weight excluding hydrogens is 298 g/mol. The van der Waals surface area contributed by atoms with E-state index in [4.69, 9.17) is 11.6 Å². The maximum atomic E-state index is 12.5. The Morgan fingerprint density at radius 3 is 2.50 bits per heavy atom. The van der Waals surface area contributed by atoms with Gasteiger partial charge in [0, 0.05) is 25.5 Å². The van der Waals surface area contributed by atoms with E-state index in [1.54, 1.807) is 0 Å². The first kappa shape index (κ1) is 16.8. The fourth-order valence-electron chi connectivity index (χ4n) is 2.43. The van der Waals surface area contributed by atoms with Crippen LogP contribution in [0.4, 0.5) is 0 Å². The monoisotopic (exact) mass is 321 g/mol. The van der Waals surface area contributed by atoms with Crippen LogP contribution in [0.1, 0.15) is 45.2 Å². The Morgan fingerprint density at radius 2 is 1.86 bits per heavy atom. The first-order chi connectivity index (χ1) is 10.6. The van der Waals surface area contributed by atoms with E-state index >= 15 is 0 Å². The standard InChI is InChI=1S/C17H24ClN3O/c1-3-5-9-20(10-6-4-2)17(22)11-15-13-21-12-14(18)7-8-16(21)19-15/h7-8,12-13H,3-6,9-11H2,1-2H3. The molecule has 0 radical (unpaired) electrons. The summed E-state index contributed by atoms with van der Waals surface area (Å²) in [6, 6.07) is 3.67. The van der Waals surface area contributed by atoms with Crippen molar-refractivity contribution in [1.29, 1.82) is 0 Å². The zero-order valence-electron chi connectivity index (χ0n) is 13.4. The minimum Gasteiger partial charge on any atom is -0.342 e. The molecule has 2 heterocycles. The van der Waals surface area contributed by atoms with Crippen LogP contribution in [0.25, 0.3) is 5.65 Å². The highest BCUT2D eigenvalue weighted by Gasteiger charge is 2.15. The number of carbonyl (C=O) groups excluding carboxylic acids is 1. The van der Waals surface area contributed by atoms with Crippen molar-refractivity contribution >= 4 is 23.2 Å². The highest BCUT2D eigenvalue weighted by atomic mass is 35.5. The lowest BCUT2D eigenvalue weighted by Crippen LogP contribution is -2.34. The highest BCUT2D eigenvalue weighted by molar-refractivity contribution is 6.30. The third-order valence-corrected chi connectivity index (χ3v) is 3.94. The predicted octanol–water partition coefficient (Wildman–Crippen LogP) is 3.96. The van der Waals surface area contributed by atoms with Crippen LogP contribution in [0.15, 0.2) is 24.5 Å². The largest absolute Gasteiger partial charge is 0.342 e. The van der Waals surface area contributed by atoms with Gasteiger partial charge < -0.3 is 9.30 Å². The van der Waals surface area contributed by atoms with Crippen LogP contribution in [0.5, 0.6) is 0 Å². The van der Waals surface area contributed by atoms with Crippen LogP contribution in [0.2, 0.25) is 5.02 Å². The van der Waals surface area contributed by atoms with Crippen molar-refractivity contribution in [3.63, 3.8) is 0 Å². The second-order valence-electron chi connectivity index (χ2n) is 5.61. The molecular formula is C17H24ClN3O. The number of fused-ring (bicyclic) bond motifs is 1. The van der Waals surface area contributed by atoms with Gasteiger partial charge in [-0.25, -0.2) is 4.98 Å². The van der Waals surface area contributed by atoms with E-state index in [0.29, 0.717) is 11.4 Å². The Bertz CT molecular complexity index is 615. The molecule has 0 saturated heterocycles. The first-order valence-corrected chi connectivity index (χ1v) is 8.42. The van der Waals surface area contributed by atoms with Gasteiger partial charge in [0.25, 0.3) is 0 Å². The number of nitrogens with zero attached hydrogens (tertiary/aromatic N) is 3. The molecule has 0 spiro atoms. The van der Waals surface area contributed by atoms with Crippen molar-refractivity contribution in [3.05, 3.63) is 35.2 Å². The molecule has 0 aliphatic rings. The van der Waals surface area contributed by atoms with Gasteiger partial charge in [0.15, 0.2) is 0 Å². The topological polar surface area (TPSA) is 37.6 Å². The smallest absolute Gasteiger partial charge is 0.228 e. The van der Waals surface area contributed by atoms with Gasteiger partial charge in [-0.1, -0.05) is 38.3 Å². The highest BCUT2D eigenvalue weighted by Crippen LogP contribution is 2.13. The fraction of sp³-hybridized carbons (Fsp3) is 0.529. The SMILES string of the molecule is CCCCN(CCCC)C(=O)Cc1cn2cc(Cl)ccc2n1. The van der Waals surface area contributed by atoms with Gasteiger partial charge in [0.1, 0.15) is 5.65 Å². The molecule has 2 rings (SSSR count). The lowest BCUT2D eigenvalue weighted by Gasteiger charge is -2.22. The summed E-state index contributed by atoms with van der Waals surface area (Å²) in [5.74, 6) is 0.163. The van der Waals surface area contributed by atoms with Crippen molar-refractivity contribution in [1.82, 2.24) is 14.3 Å². The van der Waals surface area contributed by atoms with Crippen LogP contribution in [-0.2, 0) is 11.2 Å². The molecule has 22 heavy (non-hydrogen) atoms. The minimum atomic E-state index is 0.163. The number of imidazole rings is 1. The number of hydrogen-bond donors (Lipinski definition) is 0. The summed E-state index contributed by atoms with van der Waals surface area (Å²) in [6.07, 6.45) is 8.35. The lowest BCUT2D eigenvalue weighted by molar-refractivity contribution is -0.130. The summed E-state index contributed by atoms with van der Waals surface area (Å²) >= 11 is 5.97. The van der Waals surface area contributed by atoms with E-state index in [1.165, 1.54) is 0 Å². The Balaban J connectivity index is 2.05. The molecule has 0 bridgehead atoms. The molecule has 4 nitrogen and oxygen atoms in total. The molecule has 2 aromatic rings. The average molecular weight is 322 g/mol. The van der Waals surface area contributed by atoms with Gasteiger partial charge in [0.2, 0.25) is 5.91 Å². The van der Waals surface area contributed by atoms with Crippen molar-refractivity contribution in [3.8, 4) is 0 Å². The zero-order chi connectivity index (χ0) is 15.9. The van der Waals surface area contributed by atoms with Crippen LogP contribution in [0, 0.1) is 0 Å². The molecule has 2 aromatic heterocycles. The molecule has 0 aliphatic heterocycles. The van der Waals surface area contributed by atoms with Crippen molar-refractivity contribution in [2.24, 2.45) is 0 Å². The number of carbonyl (C=O) groups is 1. The first-order valence-electron chi connectivity index (χ1n) is 8.05. The quantitative estimate of drug-likeness (QED) is 0.738. The predicted molar refractivity (Wildman–Crippen MR) is 90.3 cm³/mol. The normalized spacial score (nSPS) is 11.0. The van der Waals surface area contributed by atoms with E-state index in [1.807, 2.05) is 33.8 Å². The number of amides is 1. The Labute approximate surface area is 137 Å². The van der Waals surface area contributed by atoms with Crippen LogP contribution in [0.3, 0.4) is 0 Å². The van der Waals surface area contributed by atoms with Gasteiger partial charge in [-0.05, 0) is 25.0 Å². The van der Waals surface area contributed by atoms with Crippen molar-refractivity contribution in [2.75, 3.05) is 13.1 Å². The Morgan fingerprint density at radius 1 is 1.18 bits per heavy atom. The summed E-state index contributed by atoms with van der Waals surface area (Å²) < 4.78 is 1.87.